The molecule has 2 amide bonds. The van der Waals surface area contributed by atoms with Crippen molar-refractivity contribution in [3.05, 3.63) is 30.6 Å². The maximum absolute atomic E-state index is 12.3. The number of hydrogen-bond donors (Lipinski definition) is 1. The van der Waals surface area contributed by atoms with Crippen LogP contribution in [0.3, 0.4) is 0 Å². The number of amides is 2. The lowest BCUT2D eigenvalue weighted by atomic mass is 9.89. The highest BCUT2D eigenvalue weighted by molar-refractivity contribution is 5.89. The molecule has 7 heteroatoms. The molecule has 122 valence electrons. The predicted octanol–water partition coefficient (Wildman–Crippen LogP) is 2.71. The van der Waals surface area contributed by atoms with Crippen molar-refractivity contribution in [2.24, 2.45) is 5.92 Å². The molecule has 0 unspecified atom stereocenters. The normalized spacial score (nSPS) is 15.3. The van der Waals surface area contributed by atoms with Gasteiger partial charge in [-0.3, -0.25) is 0 Å². The summed E-state index contributed by atoms with van der Waals surface area (Å²) in [6.07, 6.45) is 7.92. The Balaban J connectivity index is 1.54. The lowest BCUT2D eigenvalue weighted by Crippen LogP contribution is -2.35. The molecule has 0 radical (unpaired) electrons. The first-order valence-corrected chi connectivity index (χ1v) is 8.08. The van der Waals surface area contributed by atoms with Crippen LogP contribution in [0.1, 0.15) is 32.1 Å². The number of nitrogens with zero attached hydrogens (tertiary/aromatic N) is 5. The highest BCUT2D eigenvalue weighted by atomic mass is 16.2. The number of nitrogens with one attached hydrogen (secondary N) is 1. The van der Waals surface area contributed by atoms with Crippen molar-refractivity contribution in [3.63, 3.8) is 0 Å². The van der Waals surface area contributed by atoms with Crippen LogP contribution in [-0.4, -0.2) is 44.7 Å². The summed E-state index contributed by atoms with van der Waals surface area (Å²) >= 11 is 0. The largest absolute Gasteiger partial charge is 0.327 e. The van der Waals surface area contributed by atoms with Crippen molar-refractivity contribution in [1.82, 2.24) is 25.1 Å². The smallest absolute Gasteiger partial charge is 0.321 e. The predicted molar refractivity (Wildman–Crippen MR) is 87.4 cm³/mol. The summed E-state index contributed by atoms with van der Waals surface area (Å²) in [5, 5.41) is 14.0. The minimum absolute atomic E-state index is 0.0641. The van der Waals surface area contributed by atoms with Gasteiger partial charge in [-0.05, 0) is 53.5 Å². The molecule has 1 saturated carbocycles. The van der Waals surface area contributed by atoms with E-state index in [2.05, 4.69) is 20.8 Å². The van der Waals surface area contributed by atoms with E-state index in [9.17, 15) is 4.79 Å². The second-order valence-corrected chi connectivity index (χ2v) is 6.12. The van der Waals surface area contributed by atoms with Crippen molar-refractivity contribution in [2.45, 2.75) is 32.1 Å². The first-order chi connectivity index (χ1) is 11.2. The molecule has 1 aromatic carbocycles. The number of carbonyl (C=O) groups excluding carboxylic acids is 1. The second kappa shape index (κ2) is 7.21. The van der Waals surface area contributed by atoms with Crippen LogP contribution in [0.2, 0.25) is 0 Å². The number of tetrazole rings is 1. The molecule has 0 aliphatic heterocycles. The fourth-order valence-electron chi connectivity index (χ4n) is 3.04. The number of anilines is 1. The van der Waals surface area contributed by atoms with E-state index in [1.807, 2.05) is 31.3 Å². The highest BCUT2D eigenvalue weighted by Gasteiger charge is 2.18. The van der Waals surface area contributed by atoms with Crippen LogP contribution in [0.15, 0.2) is 30.6 Å². The van der Waals surface area contributed by atoms with Gasteiger partial charge in [-0.1, -0.05) is 19.3 Å². The van der Waals surface area contributed by atoms with Gasteiger partial charge in [0.1, 0.15) is 6.33 Å². The fraction of sp³-hybridized carbons (Fsp3) is 0.500. The SMILES string of the molecule is CN(CC1CCCCC1)C(=O)Nc1ccc(-n2cnnn2)cc1. The molecular formula is C16H22N6O. The maximum Gasteiger partial charge on any atom is 0.321 e. The van der Waals surface area contributed by atoms with Crippen LogP contribution in [0, 0.1) is 5.92 Å². The molecule has 23 heavy (non-hydrogen) atoms. The summed E-state index contributed by atoms with van der Waals surface area (Å²) in [6, 6.07) is 7.37. The average Bonchev–Trinajstić information content (AvgIpc) is 3.11. The van der Waals surface area contributed by atoms with E-state index in [0.717, 1.165) is 17.9 Å². The molecular weight excluding hydrogens is 292 g/mol. The van der Waals surface area contributed by atoms with Crippen molar-refractivity contribution in [2.75, 3.05) is 18.9 Å². The van der Waals surface area contributed by atoms with Crippen LogP contribution in [0.25, 0.3) is 5.69 Å². The van der Waals surface area contributed by atoms with Gasteiger partial charge >= 0.3 is 6.03 Å². The number of urea groups is 1. The Hall–Kier alpha value is -2.44. The molecule has 1 aliphatic carbocycles. The molecule has 0 spiro atoms. The van der Waals surface area contributed by atoms with Gasteiger partial charge in [0, 0.05) is 19.3 Å². The quantitative estimate of drug-likeness (QED) is 0.941. The molecule has 7 nitrogen and oxygen atoms in total. The van der Waals surface area contributed by atoms with E-state index in [1.54, 1.807) is 9.58 Å². The van der Waals surface area contributed by atoms with Crippen molar-refractivity contribution in [1.29, 1.82) is 0 Å². The third-order valence-electron chi connectivity index (χ3n) is 4.34. The minimum atomic E-state index is -0.0641. The van der Waals surface area contributed by atoms with Crippen LogP contribution in [0.5, 0.6) is 0 Å². The third-order valence-corrected chi connectivity index (χ3v) is 4.34. The summed E-state index contributed by atoms with van der Waals surface area (Å²) < 4.78 is 1.57. The lowest BCUT2D eigenvalue weighted by Gasteiger charge is -2.27. The van der Waals surface area contributed by atoms with Gasteiger partial charge in [-0.15, -0.1) is 5.10 Å². The molecule has 1 heterocycles. The van der Waals surface area contributed by atoms with Gasteiger partial charge in [0.05, 0.1) is 5.69 Å². The molecule has 1 aromatic heterocycles. The number of aromatic nitrogens is 4. The lowest BCUT2D eigenvalue weighted by molar-refractivity contribution is 0.205. The topological polar surface area (TPSA) is 75.9 Å². The van der Waals surface area contributed by atoms with E-state index >= 15 is 0 Å². The van der Waals surface area contributed by atoms with E-state index in [4.69, 9.17) is 0 Å². The Labute approximate surface area is 135 Å². The first-order valence-electron chi connectivity index (χ1n) is 8.08. The Kier molecular flexibility index (Phi) is 4.85. The molecule has 0 atom stereocenters. The van der Waals surface area contributed by atoms with Crippen LogP contribution >= 0.6 is 0 Å². The van der Waals surface area contributed by atoms with Gasteiger partial charge in [0.2, 0.25) is 0 Å². The monoisotopic (exact) mass is 314 g/mol. The average molecular weight is 314 g/mol. The van der Waals surface area contributed by atoms with Gasteiger partial charge in [0.25, 0.3) is 0 Å². The summed E-state index contributed by atoms with van der Waals surface area (Å²) in [5.74, 6) is 0.640. The van der Waals surface area contributed by atoms with Crippen LogP contribution in [-0.2, 0) is 0 Å². The molecule has 0 bridgehead atoms. The van der Waals surface area contributed by atoms with Crippen molar-refractivity contribution in [3.8, 4) is 5.69 Å². The molecule has 0 saturated heterocycles. The Morgan fingerprint density at radius 2 is 2.00 bits per heavy atom. The first kappa shape index (κ1) is 15.5. The Morgan fingerprint density at radius 3 is 2.65 bits per heavy atom. The summed E-state index contributed by atoms with van der Waals surface area (Å²) in [4.78, 5) is 14.1. The minimum Gasteiger partial charge on any atom is -0.327 e. The number of carbonyl (C=O) groups is 1. The standard InChI is InChI=1S/C16H22N6O/c1-21(11-13-5-3-2-4-6-13)16(23)18-14-7-9-15(10-8-14)22-12-17-19-20-22/h7-10,12-13H,2-6,11H2,1H3,(H,18,23). The maximum atomic E-state index is 12.3. The number of benzene rings is 1. The van der Waals surface area contributed by atoms with Gasteiger partial charge in [-0.2, -0.15) is 0 Å². The van der Waals surface area contributed by atoms with Gasteiger partial charge < -0.3 is 10.2 Å². The van der Waals surface area contributed by atoms with Crippen molar-refractivity contribution < 1.29 is 4.79 Å². The van der Waals surface area contributed by atoms with Crippen molar-refractivity contribution >= 4 is 11.7 Å². The van der Waals surface area contributed by atoms with Gasteiger partial charge in [-0.25, -0.2) is 9.48 Å². The molecule has 3 rings (SSSR count). The van der Waals surface area contributed by atoms with Crippen LogP contribution < -0.4 is 5.32 Å². The zero-order valence-corrected chi connectivity index (χ0v) is 13.4. The highest BCUT2D eigenvalue weighted by Crippen LogP contribution is 2.24. The molecule has 1 aliphatic rings. The van der Waals surface area contributed by atoms with E-state index in [-0.39, 0.29) is 6.03 Å². The van der Waals surface area contributed by atoms with E-state index in [0.29, 0.717) is 5.92 Å². The fourth-order valence-corrected chi connectivity index (χ4v) is 3.04. The zero-order chi connectivity index (χ0) is 16.1. The third kappa shape index (κ3) is 4.06. The zero-order valence-electron chi connectivity index (χ0n) is 13.4. The van der Waals surface area contributed by atoms with Gasteiger partial charge in [0.15, 0.2) is 0 Å². The molecule has 1 N–H and O–H groups in total. The van der Waals surface area contributed by atoms with E-state index in [1.165, 1.54) is 38.4 Å². The summed E-state index contributed by atoms with van der Waals surface area (Å²) in [5.41, 5.74) is 1.62. The van der Waals surface area contributed by atoms with Crippen LogP contribution in [0.4, 0.5) is 10.5 Å². The molecule has 1 fully saturated rings. The Bertz CT molecular complexity index is 619. The number of rotatable bonds is 4. The Morgan fingerprint density at radius 1 is 1.26 bits per heavy atom. The second-order valence-electron chi connectivity index (χ2n) is 6.12. The summed E-state index contributed by atoms with van der Waals surface area (Å²) in [7, 11) is 1.86. The summed E-state index contributed by atoms with van der Waals surface area (Å²) in [6.45, 7) is 0.828. The molecule has 2 aromatic rings. The van der Waals surface area contributed by atoms with E-state index < -0.39 is 0 Å². The number of hydrogen-bond acceptors (Lipinski definition) is 4.